The number of benzene rings is 2. The first kappa shape index (κ1) is 20.9. The van der Waals surface area contributed by atoms with Crippen LogP contribution < -0.4 is 4.90 Å². The van der Waals surface area contributed by atoms with Crippen LogP contribution in [0.4, 0.5) is 11.5 Å². The Morgan fingerprint density at radius 1 is 0.935 bits per heavy atom. The van der Waals surface area contributed by atoms with Crippen molar-refractivity contribution in [1.29, 1.82) is 0 Å². The van der Waals surface area contributed by atoms with E-state index in [1.165, 1.54) is 22.5 Å². The van der Waals surface area contributed by atoms with Gasteiger partial charge in [0, 0.05) is 43.9 Å². The topological polar surface area (TPSA) is 110 Å². The van der Waals surface area contributed by atoms with Crippen LogP contribution in [0.15, 0.2) is 65.6 Å². The highest BCUT2D eigenvalue weighted by atomic mass is 32.2. The number of hydrogen-bond acceptors (Lipinski definition) is 7. The van der Waals surface area contributed by atoms with Crippen LogP contribution in [0.3, 0.4) is 0 Å². The molecule has 1 aliphatic heterocycles. The molecule has 0 bridgehead atoms. The number of nitrogens with zero attached hydrogens (tertiary/aromatic N) is 5. The zero-order valence-corrected chi connectivity index (χ0v) is 17.7. The molecule has 160 valence electrons. The lowest BCUT2D eigenvalue weighted by Gasteiger charge is -2.34. The predicted molar refractivity (Wildman–Crippen MR) is 116 cm³/mol. The zero-order valence-electron chi connectivity index (χ0n) is 16.9. The maximum atomic E-state index is 12.9. The third kappa shape index (κ3) is 4.25. The molecule has 3 aromatic rings. The molecule has 4 rings (SSSR count). The average Bonchev–Trinajstić information content (AvgIpc) is 2.80. The molecular weight excluding hydrogens is 418 g/mol. The van der Waals surface area contributed by atoms with Crippen molar-refractivity contribution in [3.63, 3.8) is 0 Å². The number of nitro benzene ring substituents is 1. The lowest BCUT2D eigenvalue weighted by molar-refractivity contribution is -0.385. The van der Waals surface area contributed by atoms with E-state index < -0.39 is 14.9 Å². The standard InChI is InChI=1S/C21H21N5O4S/c1-16-5-2-3-8-19(16)20-9-10-21(23-22-20)24-11-13-25(14-12-24)31(29,30)18-7-4-6-17(15-18)26(27)28/h2-10,15H,11-14H2,1H3. The third-order valence-corrected chi connectivity index (χ3v) is 7.19. The Labute approximate surface area is 180 Å². The van der Waals surface area contributed by atoms with E-state index in [-0.39, 0.29) is 23.7 Å². The molecule has 0 radical (unpaired) electrons. The molecule has 2 heterocycles. The maximum Gasteiger partial charge on any atom is 0.270 e. The van der Waals surface area contributed by atoms with Crippen molar-refractivity contribution in [2.75, 3.05) is 31.1 Å². The molecule has 1 saturated heterocycles. The second-order valence-corrected chi connectivity index (χ2v) is 9.18. The number of aromatic nitrogens is 2. The normalized spacial score (nSPS) is 15.1. The lowest BCUT2D eigenvalue weighted by atomic mass is 10.1. The summed E-state index contributed by atoms with van der Waals surface area (Å²) in [4.78, 5) is 12.3. The first-order chi connectivity index (χ1) is 14.9. The number of piperazine rings is 1. The molecule has 1 aliphatic rings. The largest absolute Gasteiger partial charge is 0.352 e. The lowest BCUT2D eigenvalue weighted by Crippen LogP contribution is -2.49. The van der Waals surface area contributed by atoms with Gasteiger partial charge in [0.15, 0.2) is 5.82 Å². The molecule has 0 saturated carbocycles. The fourth-order valence-corrected chi connectivity index (χ4v) is 5.02. The minimum absolute atomic E-state index is 0.0717. The number of aryl methyl sites for hydroxylation is 1. The molecule has 9 nitrogen and oxygen atoms in total. The van der Waals surface area contributed by atoms with Crippen molar-refractivity contribution in [1.82, 2.24) is 14.5 Å². The van der Waals surface area contributed by atoms with Crippen LogP contribution in [0.1, 0.15) is 5.56 Å². The Morgan fingerprint density at radius 2 is 1.68 bits per heavy atom. The molecular formula is C21H21N5O4S. The minimum atomic E-state index is -3.80. The van der Waals surface area contributed by atoms with Gasteiger partial charge in [-0.05, 0) is 30.7 Å². The molecule has 0 N–H and O–H groups in total. The van der Waals surface area contributed by atoms with Crippen LogP contribution in [-0.2, 0) is 10.0 Å². The van der Waals surface area contributed by atoms with Crippen molar-refractivity contribution in [3.05, 3.63) is 76.3 Å². The smallest absolute Gasteiger partial charge is 0.270 e. The minimum Gasteiger partial charge on any atom is -0.352 e. The van der Waals surface area contributed by atoms with Gasteiger partial charge in [-0.2, -0.15) is 4.31 Å². The predicted octanol–water partition coefficient (Wildman–Crippen LogP) is 2.87. The summed E-state index contributed by atoms with van der Waals surface area (Å²) in [5, 5.41) is 19.6. The van der Waals surface area contributed by atoms with E-state index in [9.17, 15) is 18.5 Å². The summed E-state index contributed by atoms with van der Waals surface area (Å²) in [5.41, 5.74) is 2.68. The molecule has 10 heteroatoms. The summed E-state index contributed by atoms with van der Waals surface area (Å²) >= 11 is 0. The van der Waals surface area contributed by atoms with Gasteiger partial charge in [0.2, 0.25) is 10.0 Å². The van der Waals surface area contributed by atoms with E-state index in [2.05, 4.69) is 10.2 Å². The highest BCUT2D eigenvalue weighted by Crippen LogP contribution is 2.25. The molecule has 0 atom stereocenters. The van der Waals surface area contributed by atoms with E-state index in [0.29, 0.717) is 18.9 Å². The monoisotopic (exact) mass is 439 g/mol. The van der Waals surface area contributed by atoms with Crippen LogP contribution in [0.2, 0.25) is 0 Å². The molecule has 0 unspecified atom stereocenters. The summed E-state index contributed by atoms with van der Waals surface area (Å²) in [5.74, 6) is 0.685. The highest BCUT2D eigenvalue weighted by Gasteiger charge is 2.30. The number of rotatable bonds is 5. The SMILES string of the molecule is Cc1ccccc1-c1ccc(N2CCN(S(=O)(=O)c3cccc([N+](=O)[O-])c3)CC2)nn1. The molecule has 0 aliphatic carbocycles. The van der Waals surface area contributed by atoms with Crippen molar-refractivity contribution in [2.45, 2.75) is 11.8 Å². The fraction of sp³-hybridized carbons (Fsp3) is 0.238. The van der Waals surface area contributed by atoms with Gasteiger partial charge in [-0.15, -0.1) is 10.2 Å². The molecule has 2 aromatic carbocycles. The van der Waals surface area contributed by atoms with Gasteiger partial charge in [0.25, 0.3) is 5.69 Å². The van der Waals surface area contributed by atoms with Crippen LogP contribution in [-0.4, -0.2) is 54.0 Å². The van der Waals surface area contributed by atoms with Crippen LogP contribution >= 0.6 is 0 Å². The number of non-ortho nitro benzene ring substituents is 1. The summed E-state index contributed by atoms with van der Waals surface area (Å²) in [6.45, 7) is 3.43. The van der Waals surface area contributed by atoms with Gasteiger partial charge >= 0.3 is 0 Å². The van der Waals surface area contributed by atoms with Gasteiger partial charge < -0.3 is 4.90 Å². The number of hydrogen-bond donors (Lipinski definition) is 0. The van der Waals surface area contributed by atoms with Gasteiger partial charge in [0.1, 0.15) is 0 Å². The van der Waals surface area contributed by atoms with Crippen LogP contribution in [0, 0.1) is 17.0 Å². The van der Waals surface area contributed by atoms with Crippen molar-refractivity contribution >= 4 is 21.5 Å². The Bertz CT molecular complexity index is 1210. The molecule has 31 heavy (non-hydrogen) atoms. The Morgan fingerprint density at radius 3 is 2.32 bits per heavy atom. The van der Waals surface area contributed by atoms with Crippen molar-refractivity contribution in [3.8, 4) is 11.3 Å². The molecule has 0 amide bonds. The fourth-order valence-electron chi connectivity index (χ4n) is 3.56. The average molecular weight is 439 g/mol. The maximum absolute atomic E-state index is 12.9. The van der Waals surface area contributed by atoms with Gasteiger partial charge in [0.05, 0.1) is 15.5 Å². The van der Waals surface area contributed by atoms with E-state index in [1.807, 2.05) is 48.2 Å². The van der Waals surface area contributed by atoms with E-state index >= 15 is 0 Å². The van der Waals surface area contributed by atoms with E-state index in [4.69, 9.17) is 0 Å². The van der Waals surface area contributed by atoms with E-state index in [0.717, 1.165) is 22.9 Å². The Hall–Kier alpha value is -3.37. The quantitative estimate of drug-likeness (QED) is 0.444. The van der Waals surface area contributed by atoms with Gasteiger partial charge in [-0.3, -0.25) is 10.1 Å². The third-order valence-electron chi connectivity index (χ3n) is 5.30. The Kier molecular flexibility index (Phi) is 5.66. The summed E-state index contributed by atoms with van der Waals surface area (Å²) in [6.07, 6.45) is 0. The van der Waals surface area contributed by atoms with Crippen LogP contribution in [0.5, 0.6) is 0 Å². The number of sulfonamides is 1. The van der Waals surface area contributed by atoms with Gasteiger partial charge in [-0.1, -0.05) is 30.3 Å². The number of anilines is 1. The molecule has 1 fully saturated rings. The summed E-state index contributed by atoms with van der Waals surface area (Å²) in [6, 6.07) is 16.9. The van der Waals surface area contributed by atoms with E-state index in [1.54, 1.807) is 0 Å². The highest BCUT2D eigenvalue weighted by molar-refractivity contribution is 7.89. The second-order valence-electron chi connectivity index (χ2n) is 7.24. The summed E-state index contributed by atoms with van der Waals surface area (Å²) in [7, 11) is -3.80. The Balaban J connectivity index is 1.45. The second kappa shape index (κ2) is 8.40. The van der Waals surface area contributed by atoms with Crippen molar-refractivity contribution in [2.24, 2.45) is 0 Å². The van der Waals surface area contributed by atoms with Gasteiger partial charge in [-0.25, -0.2) is 8.42 Å². The zero-order chi connectivity index (χ0) is 22.0. The first-order valence-corrected chi connectivity index (χ1v) is 11.2. The van der Waals surface area contributed by atoms with Crippen molar-refractivity contribution < 1.29 is 13.3 Å². The molecule has 1 aromatic heterocycles. The van der Waals surface area contributed by atoms with Crippen LogP contribution in [0.25, 0.3) is 11.3 Å². The molecule has 0 spiro atoms. The summed E-state index contributed by atoms with van der Waals surface area (Å²) < 4.78 is 27.1. The first-order valence-electron chi connectivity index (χ1n) is 9.75. The number of nitro groups is 1.